The van der Waals surface area contributed by atoms with Gasteiger partial charge in [-0.15, -0.1) is 0 Å². The third-order valence-corrected chi connectivity index (χ3v) is 2.65. The molecule has 0 atom stereocenters. The Kier molecular flexibility index (Phi) is 4.90. The van der Waals surface area contributed by atoms with Crippen LogP contribution in [0.15, 0.2) is 0 Å². The van der Waals surface area contributed by atoms with Gasteiger partial charge in [0.15, 0.2) is 0 Å². The standard InChI is InChI=1S/C8H14INO2/c9-3-1-2-8(11)10-4-6-12-7-5-10/h1-7H2. The average Bonchev–Trinajstić information content (AvgIpc) is 2.15. The second-order valence-electron chi connectivity index (χ2n) is 2.79. The Morgan fingerprint density at radius 1 is 1.42 bits per heavy atom. The Hall–Kier alpha value is 0.160. The predicted octanol–water partition coefficient (Wildman–Crippen LogP) is 1.06. The number of rotatable bonds is 3. The molecular formula is C8H14INO2. The summed E-state index contributed by atoms with van der Waals surface area (Å²) in [6.45, 7) is 2.96. The van der Waals surface area contributed by atoms with Gasteiger partial charge in [-0.25, -0.2) is 0 Å². The van der Waals surface area contributed by atoms with Gasteiger partial charge in [-0.05, 0) is 6.42 Å². The van der Waals surface area contributed by atoms with E-state index in [0.29, 0.717) is 19.6 Å². The number of ether oxygens (including phenoxy) is 1. The van der Waals surface area contributed by atoms with E-state index in [4.69, 9.17) is 4.74 Å². The van der Waals surface area contributed by atoms with Gasteiger partial charge < -0.3 is 9.64 Å². The van der Waals surface area contributed by atoms with Crippen molar-refractivity contribution in [2.75, 3.05) is 30.7 Å². The van der Waals surface area contributed by atoms with E-state index in [1.807, 2.05) is 4.90 Å². The van der Waals surface area contributed by atoms with Gasteiger partial charge in [0.05, 0.1) is 13.2 Å². The summed E-state index contributed by atoms with van der Waals surface area (Å²) in [5.74, 6) is 0.287. The molecule has 1 rings (SSSR count). The highest BCUT2D eigenvalue weighted by Crippen LogP contribution is 2.03. The fourth-order valence-electron chi connectivity index (χ4n) is 1.19. The van der Waals surface area contributed by atoms with Crippen LogP contribution in [-0.4, -0.2) is 41.5 Å². The highest BCUT2D eigenvalue weighted by atomic mass is 127. The molecule has 0 saturated carbocycles. The van der Waals surface area contributed by atoms with E-state index in [0.717, 1.165) is 23.9 Å². The van der Waals surface area contributed by atoms with Crippen LogP contribution < -0.4 is 0 Å². The van der Waals surface area contributed by atoms with Crippen LogP contribution in [0.2, 0.25) is 0 Å². The molecule has 12 heavy (non-hydrogen) atoms. The van der Waals surface area contributed by atoms with Crippen LogP contribution in [0.25, 0.3) is 0 Å². The van der Waals surface area contributed by atoms with Crippen molar-refractivity contribution in [2.24, 2.45) is 0 Å². The molecule has 3 nitrogen and oxygen atoms in total. The van der Waals surface area contributed by atoms with E-state index in [2.05, 4.69) is 22.6 Å². The topological polar surface area (TPSA) is 29.5 Å². The molecule has 0 N–H and O–H groups in total. The Balaban J connectivity index is 2.20. The molecular weight excluding hydrogens is 269 g/mol. The molecule has 0 aromatic heterocycles. The first-order chi connectivity index (χ1) is 5.84. The van der Waals surface area contributed by atoms with Crippen LogP contribution in [-0.2, 0) is 9.53 Å². The monoisotopic (exact) mass is 283 g/mol. The van der Waals surface area contributed by atoms with Gasteiger partial charge >= 0.3 is 0 Å². The van der Waals surface area contributed by atoms with Crippen LogP contribution in [0.4, 0.5) is 0 Å². The summed E-state index contributed by atoms with van der Waals surface area (Å²) in [6, 6.07) is 0. The maximum Gasteiger partial charge on any atom is 0.222 e. The second kappa shape index (κ2) is 5.75. The molecule has 0 aliphatic carbocycles. The minimum Gasteiger partial charge on any atom is -0.378 e. The lowest BCUT2D eigenvalue weighted by Crippen LogP contribution is -2.40. The fourth-order valence-corrected chi connectivity index (χ4v) is 1.57. The maximum atomic E-state index is 11.4. The molecule has 4 heteroatoms. The molecule has 0 aromatic carbocycles. The summed E-state index contributed by atoms with van der Waals surface area (Å²) >= 11 is 2.30. The SMILES string of the molecule is O=C(CCCI)N1CCOCC1. The molecule has 1 heterocycles. The van der Waals surface area contributed by atoms with Crippen molar-refractivity contribution in [3.63, 3.8) is 0 Å². The van der Waals surface area contributed by atoms with Crippen molar-refractivity contribution < 1.29 is 9.53 Å². The molecule has 1 aliphatic heterocycles. The lowest BCUT2D eigenvalue weighted by atomic mass is 10.3. The van der Waals surface area contributed by atoms with E-state index in [1.165, 1.54) is 0 Å². The lowest BCUT2D eigenvalue weighted by molar-refractivity contribution is -0.135. The zero-order valence-electron chi connectivity index (χ0n) is 7.09. The Labute approximate surface area is 86.6 Å². The van der Waals surface area contributed by atoms with Crippen LogP contribution in [0.5, 0.6) is 0 Å². The van der Waals surface area contributed by atoms with Crippen molar-refractivity contribution >= 4 is 28.5 Å². The number of halogens is 1. The van der Waals surface area contributed by atoms with E-state index < -0.39 is 0 Å². The molecule has 70 valence electrons. The van der Waals surface area contributed by atoms with Gasteiger partial charge in [0.2, 0.25) is 5.91 Å². The first-order valence-electron chi connectivity index (χ1n) is 4.26. The molecule has 0 aromatic rings. The molecule has 0 unspecified atom stereocenters. The summed E-state index contributed by atoms with van der Waals surface area (Å²) in [5.41, 5.74) is 0. The van der Waals surface area contributed by atoms with E-state index in [9.17, 15) is 4.79 Å². The van der Waals surface area contributed by atoms with Gasteiger partial charge in [-0.1, -0.05) is 22.6 Å². The normalized spacial score (nSPS) is 17.9. The number of amides is 1. The minimum absolute atomic E-state index is 0.287. The molecule has 0 radical (unpaired) electrons. The van der Waals surface area contributed by atoms with Crippen LogP contribution in [0.1, 0.15) is 12.8 Å². The highest BCUT2D eigenvalue weighted by Gasteiger charge is 2.15. The van der Waals surface area contributed by atoms with Gasteiger partial charge in [0.1, 0.15) is 0 Å². The number of morpholine rings is 1. The van der Waals surface area contributed by atoms with Crippen molar-refractivity contribution in [2.45, 2.75) is 12.8 Å². The molecule has 1 fully saturated rings. The summed E-state index contributed by atoms with van der Waals surface area (Å²) in [6.07, 6.45) is 1.69. The molecule has 0 bridgehead atoms. The van der Waals surface area contributed by atoms with Crippen molar-refractivity contribution in [1.82, 2.24) is 4.90 Å². The molecule has 1 aliphatic rings. The third-order valence-electron chi connectivity index (χ3n) is 1.89. The quantitative estimate of drug-likeness (QED) is 0.572. The molecule has 0 spiro atoms. The predicted molar refractivity (Wildman–Crippen MR) is 55.5 cm³/mol. The number of hydrogen-bond donors (Lipinski definition) is 0. The second-order valence-corrected chi connectivity index (χ2v) is 3.86. The van der Waals surface area contributed by atoms with Gasteiger partial charge in [-0.2, -0.15) is 0 Å². The molecule has 1 amide bonds. The summed E-state index contributed by atoms with van der Waals surface area (Å²) < 4.78 is 6.22. The van der Waals surface area contributed by atoms with Crippen molar-refractivity contribution in [3.8, 4) is 0 Å². The first-order valence-corrected chi connectivity index (χ1v) is 5.78. The van der Waals surface area contributed by atoms with Crippen molar-refractivity contribution in [1.29, 1.82) is 0 Å². The Bertz CT molecular complexity index is 146. The average molecular weight is 283 g/mol. The number of hydrogen-bond acceptors (Lipinski definition) is 2. The van der Waals surface area contributed by atoms with Crippen molar-refractivity contribution in [3.05, 3.63) is 0 Å². The van der Waals surface area contributed by atoms with Crippen LogP contribution in [0.3, 0.4) is 0 Å². The number of alkyl halides is 1. The van der Waals surface area contributed by atoms with Crippen LogP contribution >= 0.6 is 22.6 Å². The zero-order valence-corrected chi connectivity index (χ0v) is 9.25. The smallest absolute Gasteiger partial charge is 0.222 e. The van der Waals surface area contributed by atoms with Gasteiger partial charge in [0, 0.05) is 23.9 Å². The summed E-state index contributed by atoms with van der Waals surface area (Å²) in [5, 5.41) is 0. The van der Waals surface area contributed by atoms with E-state index in [1.54, 1.807) is 0 Å². The highest BCUT2D eigenvalue weighted by molar-refractivity contribution is 14.1. The minimum atomic E-state index is 0.287. The largest absolute Gasteiger partial charge is 0.378 e. The summed E-state index contributed by atoms with van der Waals surface area (Å²) in [7, 11) is 0. The molecule has 1 saturated heterocycles. The number of carbonyl (C=O) groups excluding carboxylic acids is 1. The lowest BCUT2D eigenvalue weighted by Gasteiger charge is -2.26. The fraction of sp³-hybridized carbons (Fsp3) is 0.875. The number of nitrogens with zero attached hydrogens (tertiary/aromatic N) is 1. The maximum absolute atomic E-state index is 11.4. The number of carbonyl (C=O) groups is 1. The summed E-state index contributed by atoms with van der Waals surface area (Å²) in [4.78, 5) is 13.3. The van der Waals surface area contributed by atoms with Gasteiger partial charge in [0.25, 0.3) is 0 Å². The van der Waals surface area contributed by atoms with Crippen LogP contribution in [0, 0.1) is 0 Å². The zero-order chi connectivity index (χ0) is 8.81. The third kappa shape index (κ3) is 3.26. The first kappa shape index (κ1) is 10.2. The van der Waals surface area contributed by atoms with E-state index in [-0.39, 0.29) is 5.91 Å². The Morgan fingerprint density at radius 3 is 2.67 bits per heavy atom. The van der Waals surface area contributed by atoms with Gasteiger partial charge in [-0.3, -0.25) is 4.79 Å². The Morgan fingerprint density at radius 2 is 2.08 bits per heavy atom. The van der Waals surface area contributed by atoms with E-state index >= 15 is 0 Å².